The van der Waals surface area contributed by atoms with Gasteiger partial charge >= 0.3 is 0 Å². The Morgan fingerprint density at radius 2 is 1.63 bits per heavy atom. The Kier molecular flexibility index (Phi) is 7.06. The van der Waals surface area contributed by atoms with Gasteiger partial charge in [-0.1, -0.05) is 12.1 Å². The van der Waals surface area contributed by atoms with Gasteiger partial charge in [0.1, 0.15) is 12.4 Å². The standard InChI is InChI=1S/C24H23N3O7S/c1-2-32-18-11-9-17(10-12-18)27-35(30,31)19-13-7-16(8-14-19)23(28)25-26-24(29)22-15-33-20-5-3-4-6-21(20)34-22/h3-14,22,27H,2,15H2,1H3,(H,25,28)(H,26,29). The second-order valence-electron chi connectivity index (χ2n) is 7.39. The van der Waals surface area contributed by atoms with E-state index >= 15 is 0 Å². The summed E-state index contributed by atoms with van der Waals surface area (Å²) in [5.74, 6) is 0.379. The van der Waals surface area contributed by atoms with E-state index in [1.54, 1.807) is 48.5 Å². The fourth-order valence-electron chi connectivity index (χ4n) is 3.21. The van der Waals surface area contributed by atoms with Crippen LogP contribution in [0.5, 0.6) is 17.2 Å². The number of amides is 2. The molecule has 1 aliphatic rings. The highest BCUT2D eigenvalue weighted by Crippen LogP contribution is 2.30. The van der Waals surface area contributed by atoms with Crippen molar-refractivity contribution in [2.45, 2.75) is 17.9 Å². The molecule has 2 amide bonds. The largest absolute Gasteiger partial charge is 0.494 e. The van der Waals surface area contributed by atoms with E-state index in [4.69, 9.17) is 14.2 Å². The van der Waals surface area contributed by atoms with Crippen molar-refractivity contribution < 1.29 is 32.2 Å². The molecule has 182 valence electrons. The van der Waals surface area contributed by atoms with Gasteiger partial charge in [-0.25, -0.2) is 8.42 Å². The van der Waals surface area contributed by atoms with Crippen LogP contribution < -0.4 is 29.8 Å². The number of sulfonamides is 1. The van der Waals surface area contributed by atoms with Gasteiger partial charge in [-0.2, -0.15) is 0 Å². The molecule has 3 aromatic carbocycles. The minimum atomic E-state index is -3.87. The number of ether oxygens (including phenoxy) is 3. The predicted octanol–water partition coefficient (Wildman–Crippen LogP) is 2.49. The molecular weight excluding hydrogens is 474 g/mol. The summed E-state index contributed by atoms with van der Waals surface area (Å²) in [7, 11) is -3.87. The number of para-hydroxylation sites is 2. The fourth-order valence-corrected chi connectivity index (χ4v) is 4.26. The lowest BCUT2D eigenvalue weighted by atomic mass is 10.2. The number of rotatable bonds is 7. The monoisotopic (exact) mass is 497 g/mol. The van der Waals surface area contributed by atoms with Crippen molar-refractivity contribution >= 4 is 27.5 Å². The van der Waals surface area contributed by atoms with Gasteiger partial charge < -0.3 is 14.2 Å². The van der Waals surface area contributed by atoms with E-state index in [2.05, 4.69) is 15.6 Å². The zero-order valence-corrected chi connectivity index (χ0v) is 19.5. The number of carbonyl (C=O) groups is 2. The topological polar surface area (TPSA) is 132 Å². The van der Waals surface area contributed by atoms with Crippen LogP contribution in [0.3, 0.4) is 0 Å². The van der Waals surface area contributed by atoms with Crippen LogP contribution in [0.4, 0.5) is 5.69 Å². The number of carbonyl (C=O) groups excluding carboxylic acids is 2. The summed E-state index contributed by atoms with van der Waals surface area (Å²) in [5.41, 5.74) is 5.09. The van der Waals surface area contributed by atoms with Crippen LogP contribution in [0.2, 0.25) is 0 Å². The molecule has 0 saturated heterocycles. The maximum atomic E-state index is 12.6. The summed E-state index contributed by atoms with van der Waals surface area (Å²) in [6.45, 7) is 2.35. The molecule has 1 aliphatic heterocycles. The van der Waals surface area contributed by atoms with Gasteiger partial charge in [-0.05, 0) is 67.6 Å². The van der Waals surface area contributed by atoms with Crippen molar-refractivity contribution in [2.75, 3.05) is 17.9 Å². The highest BCUT2D eigenvalue weighted by Gasteiger charge is 2.27. The van der Waals surface area contributed by atoms with Crippen LogP contribution in [0.25, 0.3) is 0 Å². The highest BCUT2D eigenvalue weighted by molar-refractivity contribution is 7.92. The molecule has 0 saturated carbocycles. The third-order valence-electron chi connectivity index (χ3n) is 4.94. The molecular formula is C24H23N3O7S. The van der Waals surface area contributed by atoms with Gasteiger partial charge in [0.25, 0.3) is 21.8 Å². The van der Waals surface area contributed by atoms with Crippen molar-refractivity contribution in [3.05, 3.63) is 78.4 Å². The van der Waals surface area contributed by atoms with Crippen LogP contribution in [0.1, 0.15) is 17.3 Å². The molecule has 0 fully saturated rings. The molecule has 11 heteroatoms. The minimum Gasteiger partial charge on any atom is -0.494 e. The third-order valence-corrected chi connectivity index (χ3v) is 6.34. The lowest BCUT2D eigenvalue weighted by Gasteiger charge is -2.25. The molecule has 1 unspecified atom stereocenters. The Labute approximate surface area is 202 Å². The molecule has 10 nitrogen and oxygen atoms in total. The summed E-state index contributed by atoms with van der Waals surface area (Å²) >= 11 is 0. The Morgan fingerprint density at radius 3 is 2.31 bits per heavy atom. The first-order chi connectivity index (χ1) is 16.9. The number of hydrogen-bond acceptors (Lipinski definition) is 7. The van der Waals surface area contributed by atoms with Crippen molar-refractivity contribution in [1.29, 1.82) is 0 Å². The summed E-state index contributed by atoms with van der Waals surface area (Å²) in [5, 5.41) is 0. The summed E-state index contributed by atoms with van der Waals surface area (Å²) in [6, 6.07) is 18.7. The number of anilines is 1. The Hall–Kier alpha value is -4.25. The maximum absolute atomic E-state index is 12.6. The van der Waals surface area contributed by atoms with E-state index in [1.807, 2.05) is 6.92 Å². The first-order valence-corrected chi connectivity index (χ1v) is 12.2. The zero-order valence-electron chi connectivity index (χ0n) is 18.7. The fraction of sp³-hybridized carbons (Fsp3) is 0.167. The van der Waals surface area contributed by atoms with Crippen LogP contribution in [0.15, 0.2) is 77.7 Å². The summed E-state index contributed by atoms with van der Waals surface area (Å²) in [4.78, 5) is 24.7. The zero-order chi connectivity index (χ0) is 24.8. The van der Waals surface area contributed by atoms with Crippen molar-refractivity contribution in [1.82, 2.24) is 10.9 Å². The first kappa shape index (κ1) is 23.9. The van der Waals surface area contributed by atoms with Crippen molar-refractivity contribution in [3.8, 4) is 17.2 Å². The molecule has 0 aliphatic carbocycles. The SMILES string of the molecule is CCOc1ccc(NS(=O)(=O)c2ccc(C(=O)NNC(=O)C3COc4ccccc4O3)cc2)cc1. The van der Waals surface area contributed by atoms with E-state index in [0.717, 1.165) is 0 Å². The van der Waals surface area contributed by atoms with Gasteiger partial charge in [0, 0.05) is 11.3 Å². The molecule has 35 heavy (non-hydrogen) atoms. The van der Waals surface area contributed by atoms with Gasteiger partial charge in [-0.3, -0.25) is 25.2 Å². The van der Waals surface area contributed by atoms with Crippen LogP contribution in [-0.4, -0.2) is 39.5 Å². The molecule has 3 N–H and O–H groups in total. The minimum absolute atomic E-state index is 0.00731. The molecule has 1 atom stereocenters. The summed E-state index contributed by atoms with van der Waals surface area (Å²) in [6.07, 6.45) is -0.939. The molecule has 1 heterocycles. The Morgan fingerprint density at radius 1 is 0.943 bits per heavy atom. The van der Waals surface area contributed by atoms with Gasteiger partial charge in [0.15, 0.2) is 11.5 Å². The van der Waals surface area contributed by atoms with E-state index in [9.17, 15) is 18.0 Å². The second-order valence-corrected chi connectivity index (χ2v) is 9.08. The van der Waals surface area contributed by atoms with E-state index < -0.39 is 27.9 Å². The van der Waals surface area contributed by atoms with Gasteiger partial charge in [0.05, 0.1) is 11.5 Å². The number of fused-ring (bicyclic) bond motifs is 1. The molecule has 0 bridgehead atoms. The lowest BCUT2D eigenvalue weighted by Crippen LogP contribution is -2.50. The second kappa shape index (κ2) is 10.3. The molecule has 0 aromatic heterocycles. The van der Waals surface area contributed by atoms with Crippen LogP contribution >= 0.6 is 0 Å². The Bertz CT molecular complexity index is 1310. The lowest BCUT2D eigenvalue weighted by molar-refractivity contribution is -0.131. The maximum Gasteiger partial charge on any atom is 0.283 e. The van der Waals surface area contributed by atoms with E-state index in [1.165, 1.54) is 24.3 Å². The quantitative estimate of drug-likeness (QED) is 0.427. The molecule has 0 radical (unpaired) electrons. The molecule has 4 rings (SSSR count). The van der Waals surface area contributed by atoms with Crippen molar-refractivity contribution in [2.24, 2.45) is 0 Å². The molecule has 3 aromatic rings. The van der Waals surface area contributed by atoms with Gasteiger partial charge in [-0.15, -0.1) is 0 Å². The van der Waals surface area contributed by atoms with Crippen LogP contribution in [-0.2, 0) is 14.8 Å². The summed E-state index contributed by atoms with van der Waals surface area (Å²) < 4.78 is 44.2. The van der Waals surface area contributed by atoms with E-state index in [0.29, 0.717) is 29.5 Å². The predicted molar refractivity (Wildman–Crippen MR) is 127 cm³/mol. The number of hydrogen-bond donors (Lipinski definition) is 3. The average Bonchev–Trinajstić information content (AvgIpc) is 2.88. The van der Waals surface area contributed by atoms with Gasteiger partial charge in [0.2, 0.25) is 6.10 Å². The third kappa shape index (κ3) is 5.82. The highest BCUT2D eigenvalue weighted by atomic mass is 32.2. The number of hydrazine groups is 1. The number of nitrogens with one attached hydrogen (secondary N) is 3. The normalized spacial score (nSPS) is 14.5. The van der Waals surface area contributed by atoms with Crippen molar-refractivity contribution in [3.63, 3.8) is 0 Å². The molecule has 0 spiro atoms. The Balaban J connectivity index is 1.32. The average molecular weight is 498 g/mol. The smallest absolute Gasteiger partial charge is 0.283 e. The first-order valence-electron chi connectivity index (χ1n) is 10.7. The van der Waals surface area contributed by atoms with Crippen LogP contribution in [0, 0.1) is 0 Å². The number of benzene rings is 3. The van der Waals surface area contributed by atoms with E-state index in [-0.39, 0.29) is 17.1 Å².